The van der Waals surface area contributed by atoms with E-state index in [1.54, 1.807) is 45.0 Å². The van der Waals surface area contributed by atoms with Crippen LogP contribution in [0.1, 0.15) is 50.4 Å². The fraction of sp³-hybridized carbons (Fsp3) is 0.522. The summed E-state index contributed by atoms with van der Waals surface area (Å²) >= 11 is 1.35. The van der Waals surface area contributed by atoms with E-state index in [2.05, 4.69) is 15.2 Å². The van der Waals surface area contributed by atoms with Crippen LogP contribution in [0.5, 0.6) is 0 Å². The minimum Gasteiger partial charge on any atom is -0.459 e. The topological polar surface area (TPSA) is 108 Å². The van der Waals surface area contributed by atoms with E-state index >= 15 is 0 Å². The van der Waals surface area contributed by atoms with E-state index in [1.165, 1.54) is 23.7 Å². The van der Waals surface area contributed by atoms with Crippen LogP contribution in [0.4, 0.5) is 5.69 Å². The van der Waals surface area contributed by atoms with Gasteiger partial charge in [-0.2, -0.15) is 4.99 Å². The lowest BCUT2D eigenvalue weighted by Gasteiger charge is -2.22. The van der Waals surface area contributed by atoms with Crippen LogP contribution in [-0.2, 0) is 19.1 Å². The van der Waals surface area contributed by atoms with Gasteiger partial charge >= 0.3 is 5.97 Å². The van der Waals surface area contributed by atoms with E-state index in [0.29, 0.717) is 16.4 Å². The standard InChI is InChI=1S/C23H30N4O5S/c1-23(2,3)32-19(29)14-26(4)21(31)15-7-9-16(10-8-15)24-18(28)13-17-20(30)25-22(33-17)27-11-5-6-12-27/h7-10,17H,5-6,11-14H2,1-4H3,(H,24,28). The van der Waals surface area contributed by atoms with Crippen LogP contribution in [0.2, 0.25) is 0 Å². The average molecular weight is 475 g/mol. The van der Waals surface area contributed by atoms with Crippen LogP contribution in [0.3, 0.4) is 0 Å². The minimum absolute atomic E-state index is 0.0314. The fourth-order valence-electron chi connectivity index (χ4n) is 3.49. The third-order valence-electron chi connectivity index (χ3n) is 5.02. The molecule has 0 bridgehead atoms. The van der Waals surface area contributed by atoms with Gasteiger partial charge in [0.2, 0.25) is 5.91 Å². The molecule has 3 amide bonds. The molecule has 9 nitrogen and oxygen atoms in total. The molecule has 1 unspecified atom stereocenters. The second kappa shape index (κ2) is 10.4. The van der Waals surface area contributed by atoms with Crippen LogP contribution in [-0.4, -0.2) is 76.2 Å². The molecule has 10 heteroatoms. The largest absolute Gasteiger partial charge is 0.459 e. The highest BCUT2D eigenvalue weighted by Gasteiger charge is 2.33. The predicted molar refractivity (Wildman–Crippen MR) is 127 cm³/mol. The van der Waals surface area contributed by atoms with Gasteiger partial charge in [0.25, 0.3) is 11.8 Å². The number of hydrogen-bond acceptors (Lipinski definition) is 7. The molecule has 3 rings (SSSR count). The molecular weight excluding hydrogens is 444 g/mol. The molecule has 2 aliphatic rings. The summed E-state index contributed by atoms with van der Waals surface area (Å²) in [6, 6.07) is 6.38. The number of likely N-dealkylation sites (N-methyl/N-ethyl adjacent to an activating group) is 1. The van der Waals surface area contributed by atoms with Crippen molar-refractivity contribution >= 4 is 46.3 Å². The smallest absolute Gasteiger partial charge is 0.326 e. The Hall–Kier alpha value is -2.88. The van der Waals surface area contributed by atoms with Gasteiger partial charge in [-0.15, -0.1) is 0 Å². The number of amidine groups is 1. The van der Waals surface area contributed by atoms with E-state index in [0.717, 1.165) is 25.9 Å². The summed E-state index contributed by atoms with van der Waals surface area (Å²) in [6.45, 7) is 6.93. The van der Waals surface area contributed by atoms with Gasteiger partial charge in [-0.25, -0.2) is 0 Å². The normalized spacial score (nSPS) is 18.2. The maximum atomic E-state index is 12.6. The number of ether oxygens (including phenoxy) is 1. The number of likely N-dealkylation sites (tertiary alicyclic amines) is 1. The van der Waals surface area contributed by atoms with E-state index < -0.39 is 16.8 Å². The van der Waals surface area contributed by atoms with Gasteiger partial charge in [-0.1, -0.05) is 11.8 Å². The van der Waals surface area contributed by atoms with Crippen LogP contribution < -0.4 is 5.32 Å². The maximum Gasteiger partial charge on any atom is 0.326 e. The maximum absolute atomic E-state index is 12.6. The van der Waals surface area contributed by atoms with Gasteiger partial charge in [0.15, 0.2) is 5.17 Å². The molecule has 2 aliphatic heterocycles. The lowest BCUT2D eigenvalue weighted by atomic mass is 10.1. The van der Waals surface area contributed by atoms with Crippen LogP contribution >= 0.6 is 11.8 Å². The van der Waals surface area contributed by atoms with Crippen LogP contribution in [0.15, 0.2) is 29.3 Å². The summed E-state index contributed by atoms with van der Waals surface area (Å²) < 4.78 is 5.24. The molecule has 178 valence electrons. The van der Waals surface area contributed by atoms with Crippen molar-refractivity contribution in [3.05, 3.63) is 29.8 Å². The Morgan fingerprint density at radius 1 is 1.18 bits per heavy atom. The molecule has 1 aromatic rings. The highest BCUT2D eigenvalue weighted by Crippen LogP contribution is 2.29. The molecule has 0 aliphatic carbocycles. The third-order valence-corrected chi connectivity index (χ3v) is 6.24. The summed E-state index contributed by atoms with van der Waals surface area (Å²) in [5.74, 6) is -1.39. The van der Waals surface area contributed by atoms with Crippen molar-refractivity contribution in [1.82, 2.24) is 9.80 Å². The number of aliphatic imine (C=N–C) groups is 1. The van der Waals surface area contributed by atoms with E-state index in [-0.39, 0.29) is 30.7 Å². The molecule has 1 aromatic carbocycles. The Kier molecular flexibility index (Phi) is 7.78. The number of nitrogens with zero attached hydrogens (tertiary/aromatic N) is 3. The first kappa shape index (κ1) is 24.8. The molecular formula is C23H30N4O5S. The fourth-order valence-corrected chi connectivity index (χ4v) is 4.61. The molecule has 33 heavy (non-hydrogen) atoms. The number of amides is 3. The summed E-state index contributed by atoms with van der Waals surface area (Å²) in [6.07, 6.45) is 2.21. The van der Waals surface area contributed by atoms with Crippen LogP contribution in [0.25, 0.3) is 0 Å². The number of rotatable bonds is 6. The van der Waals surface area contributed by atoms with Crippen molar-refractivity contribution < 1.29 is 23.9 Å². The molecule has 0 saturated carbocycles. The molecule has 0 aromatic heterocycles. The number of nitrogens with one attached hydrogen (secondary N) is 1. The van der Waals surface area contributed by atoms with Crippen molar-refractivity contribution in [1.29, 1.82) is 0 Å². The first-order valence-corrected chi connectivity index (χ1v) is 11.8. The number of carbonyl (C=O) groups excluding carboxylic acids is 4. The van der Waals surface area contributed by atoms with Crippen molar-refractivity contribution in [2.45, 2.75) is 50.9 Å². The Morgan fingerprint density at radius 2 is 1.82 bits per heavy atom. The second-order valence-electron chi connectivity index (χ2n) is 9.11. The number of esters is 1. The summed E-state index contributed by atoms with van der Waals surface area (Å²) in [5.41, 5.74) is 0.274. The van der Waals surface area contributed by atoms with Gasteiger partial charge in [-0.05, 0) is 57.9 Å². The quantitative estimate of drug-likeness (QED) is 0.631. The van der Waals surface area contributed by atoms with Crippen molar-refractivity contribution in [3.63, 3.8) is 0 Å². The lowest BCUT2D eigenvalue weighted by molar-refractivity contribution is -0.155. The van der Waals surface area contributed by atoms with Gasteiger partial charge in [0.1, 0.15) is 17.4 Å². The second-order valence-corrected chi connectivity index (χ2v) is 10.3. The van der Waals surface area contributed by atoms with Gasteiger partial charge in [0.05, 0.1) is 0 Å². The zero-order valence-corrected chi connectivity index (χ0v) is 20.2. The highest BCUT2D eigenvalue weighted by molar-refractivity contribution is 8.15. The van der Waals surface area contributed by atoms with Gasteiger partial charge < -0.3 is 19.9 Å². The zero-order chi connectivity index (χ0) is 24.2. The Balaban J connectivity index is 1.49. The zero-order valence-electron chi connectivity index (χ0n) is 19.4. The molecule has 1 saturated heterocycles. The SMILES string of the molecule is CN(CC(=O)OC(C)(C)C)C(=O)c1ccc(NC(=O)CC2SC(N3CCCC3)=NC2=O)cc1. The Morgan fingerprint density at radius 3 is 2.42 bits per heavy atom. The number of thioether (sulfide) groups is 1. The Bertz CT molecular complexity index is 949. The number of carbonyl (C=O) groups is 4. The van der Waals surface area contributed by atoms with Gasteiger partial charge in [0, 0.05) is 37.8 Å². The Labute approximate surface area is 197 Å². The number of benzene rings is 1. The van der Waals surface area contributed by atoms with E-state index in [4.69, 9.17) is 4.74 Å². The predicted octanol–water partition coefficient (Wildman–Crippen LogP) is 2.52. The minimum atomic E-state index is -0.621. The summed E-state index contributed by atoms with van der Waals surface area (Å²) in [4.78, 5) is 56.6. The molecule has 2 heterocycles. The molecule has 0 radical (unpaired) electrons. The highest BCUT2D eigenvalue weighted by atomic mass is 32.2. The molecule has 1 atom stereocenters. The van der Waals surface area contributed by atoms with Crippen molar-refractivity contribution in [2.75, 3.05) is 32.0 Å². The lowest BCUT2D eigenvalue weighted by Crippen LogP contribution is -2.36. The summed E-state index contributed by atoms with van der Waals surface area (Å²) in [5, 5.41) is 2.96. The molecule has 1 fully saturated rings. The average Bonchev–Trinajstić information content (AvgIpc) is 3.37. The number of hydrogen-bond donors (Lipinski definition) is 1. The monoisotopic (exact) mass is 474 g/mol. The number of anilines is 1. The third kappa shape index (κ3) is 7.05. The van der Waals surface area contributed by atoms with E-state index in [9.17, 15) is 19.2 Å². The molecule has 0 spiro atoms. The first-order valence-electron chi connectivity index (χ1n) is 10.9. The van der Waals surface area contributed by atoms with E-state index in [1.807, 2.05) is 0 Å². The summed E-state index contributed by atoms with van der Waals surface area (Å²) in [7, 11) is 1.52. The molecule has 1 N–H and O–H groups in total. The van der Waals surface area contributed by atoms with Crippen molar-refractivity contribution in [2.24, 2.45) is 4.99 Å². The van der Waals surface area contributed by atoms with Crippen LogP contribution in [0, 0.1) is 0 Å². The van der Waals surface area contributed by atoms with Crippen molar-refractivity contribution in [3.8, 4) is 0 Å². The first-order chi connectivity index (χ1) is 15.5. The van der Waals surface area contributed by atoms with Gasteiger partial charge in [-0.3, -0.25) is 19.2 Å².